The molecular formula is C34H36N4O4. The number of nitrogens with two attached hydrogens (primary N) is 1. The molecule has 2 amide bonds. The van der Waals surface area contributed by atoms with Crippen LogP contribution in [0.3, 0.4) is 0 Å². The van der Waals surface area contributed by atoms with Gasteiger partial charge in [0.15, 0.2) is 0 Å². The Bertz CT molecular complexity index is 1630. The average molecular weight is 565 g/mol. The van der Waals surface area contributed by atoms with Crippen LogP contribution in [-0.4, -0.2) is 57.9 Å². The molecule has 2 aliphatic rings. The lowest BCUT2D eigenvalue weighted by atomic mass is 9.69. The van der Waals surface area contributed by atoms with Crippen LogP contribution in [0.1, 0.15) is 59.7 Å². The fourth-order valence-corrected chi connectivity index (χ4v) is 6.43. The minimum atomic E-state index is -1.14. The van der Waals surface area contributed by atoms with Crippen molar-refractivity contribution in [2.24, 2.45) is 5.73 Å². The Morgan fingerprint density at radius 2 is 1.69 bits per heavy atom. The van der Waals surface area contributed by atoms with Crippen molar-refractivity contribution < 1.29 is 19.1 Å². The lowest BCUT2D eigenvalue weighted by molar-refractivity contribution is -0.141. The van der Waals surface area contributed by atoms with Gasteiger partial charge in [-0.25, -0.2) is 4.79 Å². The van der Waals surface area contributed by atoms with Gasteiger partial charge in [0.2, 0.25) is 11.8 Å². The number of hydrogen-bond donors (Lipinski definition) is 3. The van der Waals surface area contributed by atoms with Crippen LogP contribution in [-0.2, 0) is 20.7 Å². The molecule has 4 N–H and O–H groups in total. The monoisotopic (exact) mass is 564 g/mol. The number of rotatable bonds is 6. The number of para-hydroxylation sites is 1. The number of nitrogens with one attached hydrogen (secondary N) is 2. The standard InChI is InChI=1S/C34H36N4O4/c1-33(2,35)32(41)37-28(20-23-21-36-27-15-9-8-12-24(23)27)30(39)38-18-16-34(17-19-38)29(22-10-4-3-5-11-22)25-13-6-7-14-26(25)31(40)42-34/h3-15,21,28-29,36H,16-20,35H2,1-2H3,(H,37,41)/t28?,29-/m1/s1. The first-order valence-corrected chi connectivity index (χ1v) is 14.5. The molecule has 1 spiro atoms. The molecule has 3 heterocycles. The molecule has 3 aromatic carbocycles. The third-order valence-electron chi connectivity index (χ3n) is 8.66. The number of aromatic nitrogens is 1. The molecule has 8 heteroatoms. The van der Waals surface area contributed by atoms with Crippen LogP contribution in [0.4, 0.5) is 0 Å². The molecule has 1 aromatic heterocycles. The summed E-state index contributed by atoms with van der Waals surface area (Å²) < 4.78 is 6.27. The summed E-state index contributed by atoms with van der Waals surface area (Å²) in [6, 6.07) is 24.8. The van der Waals surface area contributed by atoms with Crippen LogP contribution >= 0.6 is 0 Å². The summed E-state index contributed by atoms with van der Waals surface area (Å²) in [4.78, 5) is 45.3. The van der Waals surface area contributed by atoms with Crippen molar-refractivity contribution in [3.63, 3.8) is 0 Å². The van der Waals surface area contributed by atoms with E-state index in [1.165, 1.54) is 0 Å². The quantitative estimate of drug-likeness (QED) is 0.302. The molecular weight excluding hydrogens is 528 g/mol. The number of amides is 2. The highest BCUT2D eigenvalue weighted by Gasteiger charge is 2.51. The fraction of sp³-hybridized carbons (Fsp3) is 0.324. The highest BCUT2D eigenvalue weighted by molar-refractivity contribution is 5.94. The molecule has 1 saturated heterocycles. The second-order valence-electron chi connectivity index (χ2n) is 12.0. The van der Waals surface area contributed by atoms with Crippen molar-refractivity contribution in [3.8, 4) is 0 Å². The zero-order chi connectivity index (χ0) is 29.5. The Hall–Kier alpha value is -4.43. The van der Waals surface area contributed by atoms with Crippen molar-refractivity contribution in [1.29, 1.82) is 0 Å². The van der Waals surface area contributed by atoms with E-state index in [0.29, 0.717) is 37.9 Å². The van der Waals surface area contributed by atoms with E-state index in [1.54, 1.807) is 18.7 Å². The molecule has 8 nitrogen and oxygen atoms in total. The number of carbonyl (C=O) groups excluding carboxylic acids is 3. The number of hydrogen-bond acceptors (Lipinski definition) is 5. The van der Waals surface area contributed by atoms with Gasteiger partial charge >= 0.3 is 5.97 Å². The van der Waals surface area contributed by atoms with Crippen LogP contribution in [0.15, 0.2) is 85.1 Å². The first-order chi connectivity index (χ1) is 20.2. The number of esters is 1. The number of ether oxygens (including phenoxy) is 1. The number of H-pyrrole nitrogens is 1. The van der Waals surface area contributed by atoms with E-state index >= 15 is 0 Å². The Kier molecular flexibility index (Phi) is 7.10. The van der Waals surface area contributed by atoms with Crippen molar-refractivity contribution in [1.82, 2.24) is 15.2 Å². The summed E-state index contributed by atoms with van der Waals surface area (Å²) in [7, 11) is 0. The lowest BCUT2D eigenvalue weighted by Crippen LogP contribution is -2.60. The van der Waals surface area contributed by atoms with Crippen molar-refractivity contribution >= 4 is 28.7 Å². The third kappa shape index (κ3) is 5.07. The topological polar surface area (TPSA) is 118 Å². The number of piperidine rings is 1. The van der Waals surface area contributed by atoms with Gasteiger partial charge < -0.3 is 25.7 Å². The van der Waals surface area contributed by atoms with Gasteiger partial charge in [0.05, 0.1) is 11.1 Å². The summed E-state index contributed by atoms with van der Waals surface area (Å²) in [6.45, 7) is 4.03. The molecule has 0 aliphatic carbocycles. The van der Waals surface area contributed by atoms with E-state index in [9.17, 15) is 14.4 Å². The molecule has 216 valence electrons. The van der Waals surface area contributed by atoms with Gasteiger partial charge in [-0.1, -0.05) is 66.7 Å². The van der Waals surface area contributed by atoms with Crippen molar-refractivity contribution in [2.75, 3.05) is 13.1 Å². The number of benzene rings is 3. The second kappa shape index (κ2) is 10.8. The molecule has 0 bridgehead atoms. The van der Waals surface area contributed by atoms with Gasteiger partial charge in [0.25, 0.3) is 0 Å². The Morgan fingerprint density at radius 1 is 1.02 bits per heavy atom. The van der Waals surface area contributed by atoms with E-state index < -0.39 is 23.1 Å². The summed E-state index contributed by atoms with van der Waals surface area (Å²) >= 11 is 0. The SMILES string of the molecule is CC(C)(N)C(=O)NC(Cc1c[nH]c2ccccc12)C(=O)N1CCC2(CC1)OC(=O)c1ccccc1[C@H]2c1ccccc1. The number of fused-ring (bicyclic) bond motifs is 2. The normalized spacial score (nSPS) is 18.8. The van der Waals surface area contributed by atoms with Gasteiger partial charge in [-0.05, 0) is 42.7 Å². The summed E-state index contributed by atoms with van der Waals surface area (Å²) in [5.41, 5.74) is 8.69. The molecule has 0 saturated carbocycles. The molecule has 1 fully saturated rings. The Morgan fingerprint density at radius 3 is 2.43 bits per heavy atom. The maximum Gasteiger partial charge on any atom is 0.339 e. The molecule has 6 rings (SSSR count). The summed E-state index contributed by atoms with van der Waals surface area (Å²) in [5, 5.41) is 3.94. The largest absolute Gasteiger partial charge is 0.454 e. The predicted molar refractivity (Wildman–Crippen MR) is 161 cm³/mol. The molecule has 2 atom stereocenters. The van der Waals surface area contributed by atoms with Crippen LogP contribution in [0.2, 0.25) is 0 Å². The molecule has 2 aliphatic heterocycles. The van der Waals surface area contributed by atoms with E-state index in [0.717, 1.165) is 27.6 Å². The van der Waals surface area contributed by atoms with Crippen LogP contribution in [0, 0.1) is 0 Å². The minimum absolute atomic E-state index is 0.149. The number of carbonyl (C=O) groups is 3. The number of aromatic amines is 1. The zero-order valence-corrected chi connectivity index (χ0v) is 23.9. The summed E-state index contributed by atoms with van der Waals surface area (Å²) in [6.07, 6.45) is 3.17. The molecule has 4 aromatic rings. The number of nitrogens with zero attached hydrogens (tertiary/aromatic N) is 1. The Labute approximate surface area is 245 Å². The number of likely N-dealkylation sites (tertiary alicyclic amines) is 1. The molecule has 1 unspecified atom stereocenters. The molecule has 0 radical (unpaired) electrons. The van der Waals surface area contributed by atoms with Gasteiger partial charge in [0.1, 0.15) is 11.6 Å². The highest BCUT2D eigenvalue weighted by Crippen LogP contribution is 2.48. The molecule has 42 heavy (non-hydrogen) atoms. The van der Waals surface area contributed by atoms with Gasteiger partial charge in [-0.2, -0.15) is 0 Å². The zero-order valence-electron chi connectivity index (χ0n) is 23.9. The van der Waals surface area contributed by atoms with Gasteiger partial charge in [-0.15, -0.1) is 0 Å². The van der Waals surface area contributed by atoms with Crippen molar-refractivity contribution in [2.45, 2.75) is 56.2 Å². The lowest BCUT2D eigenvalue weighted by Gasteiger charge is -2.49. The first kappa shape index (κ1) is 27.7. The van der Waals surface area contributed by atoms with Crippen LogP contribution in [0.5, 0.6) is 0 Å². The van der Waals surface area contributed by atoms with Gasteiger partial charge in [-0.3, -0.25) is 9.59 Å². The van der Waals surface area contributed by atoms with Gasteiger partial charge in [0, 0.05) is 55.4 Å². The maximum atomic E-state index is 14.1. The average Bonchev–Trinajstić information content (AvgIpc) is 3.39. The fourth-order valence-electron chi connectivity index (χ4n) is 6.43. The minimum Gasteiger partial charge on any atom is -0.454 e. The maximum absolute atomic E-state index is 14.1. The van der Waals surface area contributed by atoms with E-state index in [2.05, 4.69) is 22.4 Å². The van der Waals surface area contributed by atoms with Crippen LogP contribution in [0.25, 0.3) is 10.9 Å². The Balaban J connectivity index is 1.27. The predicted octanol–water partition coefficient (Wildman–Crippen LogP) is 4.30. The smallest absolute Gasteiger partial charge is 0.339 e. The van der Waals surface area contributed by atoms with E-state index in [4.69, 9.17) is 10.5 Å². The highest BCUT2D eigenvalue weighted by atomic mass is 16.6. The third-order valence-corrected chi connectivity index (χ3v) is 8.66. The van der Waals surface area contributed by atoms with E-state index in [1.807, 2.05) is 72.9 Å². The van der Waals surface area contributed by atoms with Crippen molar-refractivity contribution in [3.05, 3.63) is 107 Å². The second-order valence-corrected chi connectivity index (χ2v) is 12.0. The summed E-state index contributed by atoms with van der Waals surface area (Å²) in [5.74, 6) is -1.04. The van der Waals surface area contributed by atoms with E-state index in [-0.39, 0.29) is 17.8 Å². The van der Waals surface area contributed by atoms with Crippen LogP contribution < -0.4 is 11.1 Å². The first-order valence-electron chi connectivity index (χ1n) is 14.5.